The van der Waals surface area contributed by atoms with Gasteiger partial charge in [-0.15, -0.1) is 11.3 Å². The van der Waals surface area contributed by atoms with E-state index in [9.17, 15) is 9.18 Å². The molecule has 0 bridgehead atoms. The lowest BCUT2D eigenvalue weighted by molar-refractivity contribution is 0.0995. The smallest absolute Gasteiger partial charge is 0.178 e. The molecule has 0 aliphatic rings. The Morgan fingerprint density at radius 3 is 3.00 bits per heavy atom. The Labute approximate surface area is 102 Å². The predicted molar refractivity (Wildman–Crippen MR) is 63.1 cm³/mol. The number of carbonyl (C=O) groups excluding carboxylic acids is 1. The number of ketones is 1. The van der Waals surface area contributed by atoms with Gasteiger partial charge < -0.3 is 4.74 Å². The van der Waals surface area contributed by atoms with E-state index in [0.29, 0.717) is 10.4 Å². The van der Waals surface area contributed by atoms with Gasteiger partial charge in [-0.2, -0.15) is 0 Å². The molecule has 0 unspecified atom stereocenters. The van der Waals surface area contributed by atoms with Gasteiger partial charge in [-0.05, 0) is 11.6 Å². The van der Waals surface area contributed by atoms with E-state index in [1.807, 2.05) is 0 Å². The first-order valence-electron chi connectivity index (χ1n) is 4.95. The van der Waals surface area contributed by atoms with Gasteiger partial charge in [0.15, 0.2) is 17.3 Å². The maximum Gasteiger partial charge on any atom is 0.178 e. The number of ether oxygens (including phenoxy) is 1. The van der Waals surface area contributed by atoms with Crippen LogP contribution >= 0.6 is 11.3 Å². The van der Waals surface area contributed by atoms with Gasteiger partial charge >= 0.3 is 0 Å². The lowest BCUT2D eigenvalue weighted by Crippen LogP contribution is -2.04. The number of nitrogens with zero attached hydrogens (tertiary/aromatic N) is 1. The van der Waals surface area contributed by atoms with Crippen molar-refractivity contribution in [2.45, 2.75) is 6.42 Å². The SMILES string of the molecule is COc1cccc(CC(=O)c2cncs2)c1F. The van der Waals surface area contributed by atoms with E-state index in [1.54, 1.807) is 17.6 Å². The van der Waals surface area contributed by atoms with Crippen molar-refractivity contribution in [3.63, 3.8) is 0 Å². The van der Waals surface area contributed by atoms with Crippen molar-refractivity contribution in [3.8, 4) is 5.75 Å². The average molecular weight is 251 g/mol. The zero-order valence-corrected chi connectivity index (χ0v) is 9.96. The maximum absolute atomic E-state index is 13.8. The Balaban J connectivity index is 2.22. The molecule has 0 fully saturated rings. The third kappa shape index (κ3) is 2.50. The summed E-state index contributed by atoms with van der Waals surface area (Å²) in [5.74, 6) is -0.466. The molecule has 2 aromatic rings. The molecule has 0 saturated carbocycles. The predicted octanol–water partition coefficient (Wildman–Crippen LogP) is 2.72. The highest BCUT2D eigenvalue weighted by atomic mass is 32.1. The summed E-state index contributed by atoms with van der Waals surface area (Å²) in [6, 6.07) is 4.77. The van der Waals surface area contributed by atoms with Gasteiger partial charge in [0, 0.05) is 12.6 Å². The Morgan fingerprint density at radius 1 is 1.53 bits per heavy atom. The first-order chi connectivity index (χ1) is 8.22. The molecule has 1 aromatic carbocycles. The summed E-state index contributed by atoms with van der Waals surface area (Å²) in [7, 11) is 1.40. The molecule has 88 valence electrons. The number of methoxy groups -OCH3 is 1. The molecule has 0 N–H and O–H groups in total. The largest absolute Gasteiger partial charge is 0.494 e. The van der Waals surface area contributed by atoms with Crippen molar-refractivity contribution in [1.29, 1.82) is 0 Å². The number of hydrogen-bond acceptors (Lipinski definition) is 4. The number of Topliss-reactive ketones (excluding diaryl/α,β-unsaturated/α-hetero) is 1. The van der Waals surface area contributed by atoms with Crippen molar-refractivity contribution in [2.75, 3.05) is 7.11 Å². The van der Waals surface area contributed by atoms with Crippen molar-refractivity contribution in [1.82, 2.24) is 4.98 Å². The van der Waals surface area contributed by atoms with E-state index < -0.39 is 5.82 Å². The molecule has 0 amide bonds. The van der Waals surface area contributed by atoms with E-state index in [1.165, 1.54) is 30.7 Å². The summed E-state index contributed by atoms with van der Waals surface area (Å²) in [5.41, 5.74) is 1.91. The third-order valence-electron chi connectivity index (χ3n) is 2.32. The number of aromatic nitrogens is 1. The van der Waals surface area contributed by atoms with Crippen LogP contribution in [0.2, 0.25) is 0 Å². The van der Waals surface area contributed by atoms with Crippen LogP contribution in [0.4, 0.5) is 4.39 Å². The molecule has 5 heteroatoms. The minimum absolute atomic E-state index is 0.0191. The van der Waals surface area contributed by atoms with E-state index in [2.05, 4.69) is 4.98 Å². The van der Waals surface area contributed by atoms with E-state index in [-0.39, 0.29) is 18.0 Å². The van der Waals surface area contributed by atoms with Crippen LogP contribution in [0, 0.1) is 5.82 Å². The molecule has 0 saturated heterocycles. The summed E-state index contributed by atoms with van der Waals surface area (Å²) >= 11 is 1.25. The van der Waals surface area contributed by atoms with Gasteiger partial charge in [0.1, 0.15) is 0 Å². The molecule has 17 heavy (non-hydrogen) atoms. The Hall–Kier alpha value is -1.75. The molecule has 2 rings (SSSR count). The van der Waals surface area contributed by atoms with E-state index >= 15 is 0 Å². The number of carbonyl (C=O) groups is 1. The second-order valence-electron chi connectivity index (χ2n) is 3.40. The van der Waals surface area contributed by atoms with Crippen molar-refractivity contribution >= 4 is 17.1 Å². The topological polar surface area (TPSA) is 39.2 Å². The summed E-state index contributed by atoms with van der Waals surface area (Å²) < 4.78 is 18.6. The molecule has 3 nitrogen and oxygen atoms in total. The number of rotatable bonds is 4. The number of hydrogen-bond donors (Lipinski definition) is 0. The summed E-state index contributed by atoms with van der Waals surface area (Å²) in [6.45, 7) is 0. The fraction of sp³-hybridized carbons (Fsp3) is 0.167. The van der Waals surface area contributed by atoms with Gasteiger partial charge in [0.25, 0.3) is 0 Å². The lowest BCUT2D eigenvalue weighted by atomic mass is 10.1. The Bertz CT molecular complexity index is 525. The first kappa shape index (κ1) is 11.7. The third-order valence-corrected chi connectivity index (χ3v) is 3.14. The van der Waals surface area contributed by atoms with Crippen molar-refractivity contribution in [3.05, 3.63) is 46.2 Å². The number of halogens is 1. The average Bonchev–Trinajstić information content (AvgIpc) is 2.85. The maximum atomic E-state index is 13.8. The lowest BCUT2D eigenvalue weighted by Gasteiger charge is -2.05. The highest BCUT2D eigenvalue weighted by Gasteiger charge is 2.14. The first-order valence-corrected chi connectivity index (χ1v) is 5.83. The molecular weight excluding hydrogens is 241 g/mol. The van der Waals surface area contributed by atoms with Gasteiger partial charge in [-0.1, -0.05) is 12.1 Å². The quantitative estimate of drug-likeness (QED) is 0.784. The monoisotopic (exact) mass is 251 g/mol. The second-order valence-corrected chi connectivity index (χ2v) is 4.29. The molecule has 1 aromatic heterocycles. The molecule has 0 spiro atoms. The second kappa shape index (κ2) is 5.05. The molecule has 0 radical (unpaired) electrons. The van der Waals surface area contributed by atoms with E-state index in [0.717, 1.165) is 0 Å². The minimum Gasteiger partial charge on any atom is -0.494 e. The number of benzene rings is 1. The molecule has 0 aliphatic heterocycles. The van der Waals surface area contributed by atoms with Crippen LogP contribution in [-0.4, -0.2) is 17.9 Å². The standard InChI is InChI=1S/C12H10FNO2S/c1-16-10-4-2-3-8(12(10)13)5-9(15)11-6-14-7-17-11/h2-4,6-7H,5H2,1H3. The summed E-state index contributed by atoms with van der Waals surface area (Å²) in [4.78, 5) is 16.1. The van der Waals surface area contributed by atoms with Gasteiger partial charge in [0.05, 0.1) is 17.5 Å². The van der Waals surface area contributed by atoms with Crippen LogP contribution in [0.1, 0.15) is 15.2 Å². The van der Waals surface area contributed by atoms with Gasteiger partial charge in [0.2, 0.25) is 0 Å². The van der Waals surface area contributed by atoms with Crippen LogP contribution in [0.5, 0.6) is 5.75 Å². The zero-order chi connectivity index (χ0) is 12.3. The van der Waals surface area contributed by atoms with Crippen LogP contribution in [0.15, 0.2) is 29.9 Å². The van der Waals surface area contributed by atoms with E-state index in [4.69, 9.17) is 4.74 Å². The fourth-order valence-corrected chi connectivity index (χ4v) is 2.02. The zero-order valence-electron chi connectivity index (χ0n) is 9.14. The van der Waals surface area contributed by atoms with Gasteiger partial charge in [-0.3, -0.25) is 9.78 Å². The Kier molecular flexibility index (Phi) is 3.49. The normalized spacial score (nSPS) is 10.2. The Morgan fingerprint density at radius 2 is 2.35 bits per heavy atom. The highest BCUT2D eigenvalue weighted by Crippen LogP contribution is 2.21. The van der Waals surface area contributed by atoms with Crippen LogP contribution < -0.4 is 4.74 Å². The van der Waals surface area contributed by atoms with Gasteiger partial charge in [-0.25, -0.2) is 4.39 Å². The summed E-state index contributed by atoms with van der Waals surface area (Å²) in [6.07, 6.45) is 1.51. The number of thiazole rings is 1. The van der Waals surface area contributed by atoms with Crippen LogP contribution in [0.25, 0.3) is 0 Å². The molecular formula is C12H10FNO2S. The molecule has 0 atom stereocenters. The molecule has 0 aliphatic carbocycles. The van der Waals surface area contributed by atoms with Crippen molar-refractivity contribution in [2.24, 2.45) is 0 Å². The highest BCUT2D eigenvalue weighted by molar-refractivity contribution is 7.11. The summed E-state index contributed by atoms with van der Waals surface area (Å²) in [5, 5.41) is 0. The fourth-order valence-electron chi connectivity index (χ4n) is 1.46. The molecule has 1 heterocycles. The van der Waals surface area contributed by atoms with Crippen LogP contribution in [-0.2, 0) is 6.42 Å². The van der Waals surface area contributed by atoms with Crippen molar-refractivity contribution < 1.29 is 13.9 Å². The minimum atomic E-state index is -0.479. The van der Waals surface area contributed by atoms with Crippen LogP contribution in [0.3, 0.4) is 0 Å².